The minimum absolute atomic E-state index is 0.214. The molecule has 4 nitrogen and oxygen atoms in total. The Balaban J connectivity index is 2.12. The average molecular weight is 277 g/mol. The summed E-state index contributed by atoms with van der Waals surface area (Å²) in [5.41, 5.74) is 3.25. The SMILES string of the molecule is COc1c(C)ccc(NC2CCCC(C(=O)O)C2)c1C. The summed E-state index contributed by atoms with van der Waals surface area (Å²) < 4.78 is 5.43. The number of hydrogen-bond donors (Lipinski definition) is 2. The smallest absolute Gasteiger partial charge is 0.306 e. The van der Waals surface area contributed by atoms with Crippen LogP contribution in [0.3, 0.4) is 0 Å². The number of aliphatic carboxylic acids is 1. The monoisotopic (exact) mass is 277 g/mol. The summed E-state index contributed by atoms with van der Waals surface area (Å²) in [6, 6.07) is 4.32. The van der Waals surface area contributed by atoms with Crippen molar-refractivity contribution < 1.29 is 14.6 Å². The fourth-order valence-corrected chi connectivity index (χ4v) is 3.06. The molecule has 0 heterocycles. The van der Waals surface area contributed by atoms with Crippen LogP contribution in [-0.2, 0) is 4.79 Å². The minimum atomic E-state index is -0.672. The maximum atomic E-state index is 11.1. The van der Waals surface area contributed by atoms with Gasteiger partial charge >= 0.3 is 5.97 Å². The highest BCUT2D eigenvalue weighted by atomic mass is 16.5. The van der Waals surface area contributed by atoms with Crippen molar-refractivity contribution in [2.24, 2.45) is 5.92 Å². The molecule has 2 unspecified atom stereocenters. The van der Waals surface area contributed by atoms with Crippen LogP contribution in [-0.4, -0.2) is 24.2 Å². The van der Waals surface area contributed by atoms with Gasteiger partial charge in [0, 0.05) is 17.3 Å². The molecule has 2 rings (SSSR count). The number of methoxy groups -OCH3 is 1. The summed E-state index contributed by atoms with van der Waals surface area (Å²) in [5.74, 6) is 0.0178. The standard InChI is InChI=1S/C16H23NO3/c1-10-7-8-14(11(2)15(10)20-3)17-13-6-4-5-12(9-13)16(18)19/h7-8,12-13,17H,4-6,9H2,1-3H3,(H,18,19). The molecule has 1 aliphatic rings. The van der Waals surface area contributed by atoms with Gasteiger partial charge in [-0.05, 0) is 44.7 Å². The molecule has 0 spiro atoms. The Morgan fingerprint density at radius 2 is 2.10 bits per heavy atom. The molecule has 2 N–H and O–H groups in total. The number of rotatable bonds is 4. The number of ether oxygens (including phenoxy) is 1. The number of hydrogen-bond acceptors (Lipinski definition) is 3. The van der Waals surface area contributed by atoms with E-state index in [0.29, 0.717) is 6.42 Å². The lowest BCUT2D eigenvalue weighted by Crippen LogP contribution is -2.31. The zero-order chi connectivity index (χ0) is 14.7. The number of anilines is 1. The molecule has 0 amide bonds. The number of aryl methyl sites for hydroxylation is 1. The predicted octanol–water partition coefficient (Wildman–Crippen LogP) is 3.37. The van der Waals surface area contributed by atoms with Crippen LogP contribution in [0.25, 0.3) is 0 Å². The van der Waals surface area contributed by atoms with Crippen molar-refractivity contribution in [1.29, 1.82) is 0 Å². The molecular formula is C16H23NO3. The first-order valence-electron chi connectivity index (χ1n) is 7.16. The number of carboxylic acids is 1. The maximum Gasteiger partial charge on any atom is 0.306 e. The lowest BCUT2D eigenvalue weighted by molar-refractivity contribution is -0.142. The maximum absolute atomic E-state index is 11.1. The Kier molecular flexibility index (Phi) is 4.53. The third-order valence-electron chi connectivity index (χ3n) is 4.19. The van der Waals surface area contributed by atoms with Crippen molar-refractivity contribution in [1.82, 2.24) is 0 Å². The summed E-state index contributed by atoms with van der Waals surface area (Å²) >= 11 is 0. The summed E-state index contributed by atoms with van der Waals surface area (Å²) in [5, 5.41) is 12.6. The Bertz CT molecular complexity index is 499. The van der Waals surface area contributed by atoms with Crippen molar-refractivity contribution in [3.05, 3.63) is 23.3 Å². The van der Waals surface area contributed by atoms with Crippen LogP contribution < -0.4 is 10.1 Å². The van der Waals surface area contributed by atoms with Crippen LogP contribution in [0.2, 0.25) is 0 Å². The predicted molar refractivity (Wildman–Crippen MR) is 79.5 cm³/mol. The van der Waals surface area contributed by atoms with Gasteiger partial charge in [0.2, 0.25) is 0 Å². The van der Waals surface area contributed by atoms with E-state index >= 15 is 0 Å². The molecular weight excluding hydrogens is 254 g/mol. The number of carbonyl (C=O) groups is 1. The van der Waals surface area contributed by atoms with E-state index in [1.165, 1.54) is 0 Å². The quantitative estimate of drug-likeness (QED) is 0.886. The second-order valence-corrected chi connectivity index (χ2v) is 5.63. The van der Waals surface area contributed by atoms with Crippen LogP contribution in [0.5, 0.6) is 5.75 Å². The molecule has 1 fully saturated rings. The average Bonchev–Trinajstić information content (AvgIpc) is 2.43. The number of benzene rings is 1. The zero-order valence-electron chi connectivity index (χ0n) is 12.4. The molecule has 1 aromatic rings. The summed E-state index contributed by atoms with van der Waals surface area (Å²) in [6.45, 7) is 4.06. The van der Waals surface area contributed by atoms with Crippen LogP contribution in [0.1, 0.15) is 36.8 Å². The lowest BCUT2D eigenvalue weighted by atomic mass is 9.85. The van der Waals surface area contributed by atoms with E-state index in [9.17, 15) is 4.79 Å². The molecule has 1 aromatic carbocycles. The molecule has 1 saturated carbocycles. The highest BCUT2D eigenvalue weighted by Crippen LogP contribution is 2.32. The van der Waals surface area contributed by atoms with Crippen molar-refractivity contribution in [3.8, 4) is 5.75 Å². The Morgan fingerprint density at radius 3 is 2.75 bits per heavy atom. The van der Waals surface area contributed by atoms with E-state index in [0.717, 1.165) is 41.8 Å². The van der Waals surface area contributed by atoms with Gasteiger partial charge in [-0.1, -0.05) is 12.5 Å². The summed E-state index contributed by atoms with van der Waals surface area (Å²) in [7, 11) is 1.68. The van der Waals surface area contributed by atoms with Crippen molar-refractivity contribution in [2.45, 2.75) is 45.6 Å². The fraction of sp³-hybridized carbons (Fsp3) is 0.562. The largest absolute Gasteiger partial charge is 0.496 e. The van der Waals surface area contributed by atoms with Crippen LogP contribution in [0, 0.1) is 19.8 Å². The first-order chi connectivity index (χ1) is 9.52. The van der Waals surface area contributed by atoms with Crippen LogP contribution in [0.4, 0.5) is 5.69 Å². The van der Waals surface area contributed by atoms with Gasteiger partial charge in [-0.15, -0.1) is 0 Å². The van der Waals surface area contributed by atoms with E-state index in [1.807, 2.05) is 19.9 Å². The summed E-state index contributed by atoms with van der Waals surface area (Å²) in [4.78, 5) is 11.1. The Morgan fingerprint density at radius 1 is 1.35 bits per heavy atom. The molecule has 0 aromatic heterocycles. The second-order valence-electron chi connectivity index (χ2n) is 5.63. The molecule has 0 saturated heterocycles. The van der Waals surface area contributed by atoms with Gasteiger partial charge in [-0.3, -0.25) is 4.79 Å². The van der Waals surface area contributed by atoms with Crippen molar-refractivity contribution >= 4 is 11.7 Å². The highest BCUT2D eigenvalue weighted by Gasteiger charge is 2.27. The summed E-state index contributed by atoms with van der Waals surface area (Å²) in [6.07, 6.45) is 3.49. The van der Waals surface area contributed by atoms with Gasteiger partial charge in [-0.25, -0.2) is 0 Å². The first-order valence-corrected chi connectivity index (χ1v) is 7.16. The molecule has 0 aliphatic heterocycles. The molecule has 0 radical (unpaired) electrons. The normalized spacial score (nSPS) is 22.4. The van der Waals surface area contributed by atoms with E-state index in [1.54, 1.807) is 7.11 Å². The van der Waals surface area contributed by atoms with Gasteiger partial charge < -0.3 is 15.2 Å². The third-order valence-corrected chi connectivity index (χ3v) is 4.19. The van der Waals surface area contributed by atoms with Gasteiger partial charge in [0.05, 0.1) is 13.0 Å². The molecule has 0 bridgehead atoms. The van der Waals surface area contributed by atoms with E-state index in [-0.39, 0.29) is 12.0 Å². The molecule has 20 heavy (non-hydrogen) atoms. The minimum Gasteiger partial charge on any atom is -0.496 e. The molecule has 2 atom stereocenters. The highest BCUT2D eigenvalue weighted by molar-refractivity contribution is 5.70. The van der Waals surface area contributed by atoms with Crippen molar-refractivity contribution in [3.63, 3.8) is 0 Å². The van der Waals surface area contributed by atoms with Gasteiger partial charge in [-0.2, -0.15) is 0 Å². The first kappa shape index (κ1) is 14.7. The van der Waals surface area contributed by atoms with E-state index < -0.39 is 5.97 Å². The zero-order valence-corrected chi connectivity index (χ0v) is 12.4. The molecule has 4 heteroatoms. The van der Waals surface area contributed by atoms with Gasteiger partial charge in [0.25, 0.3) is 0 Å². The molecule has 110 valence electrons. The topological polar surface area (TPSA) is 58.6 Å². The van der Waals surface area contributed by atoms with Crippen LogP contribution >= 0.6 is 0 Å². The fourth-order valence-electron chi connectivity index (χ4n) is 3.06. The Hall–Kier alpha value is -1.71. The van der Waals surface area contributed by atoms with E-state index in [4.69, 9.17) is 9.84 Å². The Labute approximate surface area is 120 Å². The number of nitrogens with one attached hydrogen (secondary N) is 1. The third kappa shape index (κ3) is 3.06. The van der Waals surface area contributed by atoms with Crippen LogP contribution in [0.15, 0.2) is 12.1 Å². The van der Waals surface area contributed by atoms with Gasteiger partial charge in [0.1, 0.15) is 5.75 Å². The van der Waals surface area contributed by atoms with Gasteiger partial charge in [0.15, 0.2) is 0 Å². The van der Waals surface area contributed by atoms with Crippen molar-refractivity contribution in [2.75, 3.05) is 12.4 Å². The number of carboxylic acid groups (broad SMARTS) is 1. The lowest BCUT2D eigenvalue weighted by Gasteiger charge is -2.29. The second kappa shape index (κ2) is 6.16. The van der Waals surface area contributed by atoms with E-state index in [2.05, 4.69) is 11.4 Å². The molecule has 1 aliphatic carbocycles.